The summed E-state index contributed by atoms with van der Waals surface area (Å²) in [6.07, 6.45) is 5.47. The van der Waals surface area contributed by atoms with E-state index < -0.39 is 0 Å². The normalized spacial score (nSPS) is 10.7. The molecule has 100 valence electrons. The van der Waals surface area contributed by atoms with Crippen molar-refractivity contribution in [1.29, 1.82) is 0 Å². The highest BCUT2D eigenvalue weighted by Gasteiger charge is 2.07. The van der Waals surface area contributed by atoms with Crippen LogP contribution in [0.4, 0.5) is 0 Å². The second kappa shape index (κ2) is 4.97. The number of nitrogens with one attached hydrogen (secondary N) is 1. The molecule has 0 radical (unpaired) electrons. The van der Waals surface area contributed by atoms with Crippen LogP contribution in [0.15, 0.2) is 36.8 Å². The molecule has 0 saturated carbocycles. The Morgan fingerprint density at radius 2 is 2.15 bits per heavy atom. The molecule has 0 bridgehead atoms. The molecule has 0 aliphatic rings. The second-order valence-corrected chi connectivity index (χ2v) is 5.02. The lowest BCUT2D eigenvalue weighted by Gasteiger charge is -2.04. The fourth-order valence-electron chi connectivity index (χ4n) is 1.96. The molecule has 0 fully saturated rings. The van der Waals surface area contributed by atoms with Gasteiger partial charge in [0.15, 0.2) is 5.82 Å². The minimum absolute atomic E-state index is 0.529. The Morgan fingerprint density at radius 3 is 2.85 bits per heavy atom. The largest absolute Gasteiger partial charge is 0.338 e. The smallest absolute Gasteiger partial charge is 0.158 e. The number of aryl methyl sites for hydroxylation is 2. The van der Waals surface area contributed by atoms with Crippen LogP contribution in [-0.4, -0.2) is 24.7 Å². The van der Waals surface area contributed by atoms with Crippen molar-refractivity contribution in [3.05, 3.63) is 47.0 Å². The predicted molar refractivity (Wildman–Crippen MR) is 79.6 cm³/mol. The van der Waals surface area contributed by atoms with Gasteiger partial charge in [-0.1, -0.05) is 12.2 Å². The van der Waals surface area contributed by atoms with Crippen molar-refractivity contribution in [3.63, 3.8) is 0 Å². The zero-order valence-corrected chi connectivity index (χ0v) is 12.0. The van der Waals surface area contributed by atoms with Crippen LogP contribution < -0.4 is 0 Å². The summed E-state index contributed by atoms with van der Waals surface area (Å²) in [5.74, 6) is 0.667. The maximum absolute atomic E-state index is 5.24. The molecular formula is C14H13N5S. The molecule has 0 aliphatic heterocycles. The SMILES string of the molecule is Cc1ccnc(-c2nc(=S)cc(-c3cnn(C)c3)[nH]2)c1. The summed E-state index contributed by atoms with van der Waals surface area (Å²) < 4.78 is 2.28. The van der Waals surface area contributed by atoms with E-state index in [0.29, 0.717) is 10.5 Å². The van der Waals surface area contributed by atoms with E-state index in [1.807, 2.05) is 38.4 Å². The Kier molecular flexibility index (Phi) is 3.15. The fourth-order valence-corrected chi connectivity index (χ4v) is 2.17. The van der Waals surface area contributed by atoms with Crippen LogP contribution in [0.3, 0.4) is 0 Å². The Hall–Kier alpha value is -2.34. The van der Waals surface area contributed by atoms with Crippen molar-refractivity contribution in [2.45, 2.75) is 6.92 Å². The summed E-state index contributed by atoms with van der Waals surface area (Å²) in [5.41, 5.74) is 3.76. The Bertz CT molecular complexity index is 818. The lowest BCUT2D eigenvalue weighted by atomic mass is 10.2. The van der Waals surface area contributed by atoms with E-state index in [0.717, 1.165) is 22.5 Å². The van der Waals surface area contributed by atoms with Gasteiger partial charge in [0.2, 0.25) is 0 Å². The lowest BCUT2D eigenvalue weighted by molar-refractivity contribution is 0.768. The van der Waals surface area contributed by atoms with Gasteiger partial charge in [0, 0.05) is 25.0 Å². The summed E-state index contributed by atoms with van der Waals surface area (Å²) in [6.45, 7) is 2.02. The molecule has 3 aromatic heterocycles. The number of aromatic nitrogens is 5. The van der Waals surface area contributed by atoms with E-state index in [-0.39, 0.29) is 0 Å². The van der Waals surface area contributed by atoms with E-state index in [9.17, 15) is 0 Å². The van der Waals surface area contributed by atoms with Crippen molar-refractivity contribution in [1.82, 2.24) is 24.7 Å². The van der Waals surface area contributed by atoms with Crippen LogP contribution in [0.5, 0.6) is 0 Å². The number of H-pyrrole nitrogens is 1. The van der Waals surface area contributed by atoms with E-state index in [4.69, 9.17) is 12.2 Å². The summed E-state index contributed by atoms with van der Waals surface area (Å²) in [5, 5.41) is 4.17. The van der Waals surface area contributed by atoms with Gasteiger partial charge in [-0.25, -0.2) is 4.98 Å². The van der Waals surface area contributed by atoms with Crippen molar-refractivity contribution in [2.24, 2.45) is 7.05 Å². The van der Waals surface area contributed by atoms with Crippen molar-refractivity contribution < 1.29 is 0 Å². The number of nitrogens with zero attached hydrogens (tertiary/aromatic N) is 4. The number of rotatable bonds is 2. The molecule has 0 atom stereocenters. The van der Waals surface area contributed by atoms with Crippen LogP contribution >= 0.6 is 12.2 Å². The van der Waals surface area contributed by atoms with Crippen LogP contribution in [0.1, 0.15) is 5.56 Å². The van der Waals surface area contributed by atoms with Crippen LogP contribution in [0.25, 0.3) is 22.8 Å². The molecule has 5 nitrogen and oxygen atoms in total. The highest BCUT2D eigenvalue weighted by atomic mass is 32.1. The molecule has 0 aromatic carbocycles. The average Bonchev–Trinajstić information content (AvgIpc) is 2.85. The standard InChI is InChI=1S/C14H13N5S/c1-9-3-4-15-12(5-9)14-17-11(6-13(20)18-14)10-7-16-19(2)8-10/h3-8H,1-2H3,(H,17,18,20). The van der Waals surface area contributed by atoms with Gasteiger partial charge in [0.25, 0.3) is 0 Å². The fraction of sp³-hybridized carbons (Fsp3) is 0.143. The second-order valence-electron chi connectivity index (χ2n) is 4.60. The quantitative estimate of drug-likeness (QED) is 0.735. The van der Waals surface area contributed by atoms with Gasteiger partial charge in [0.05, 0.1) is 11.9 Å². The zero-order chi connectivity index (χ0) is 14.1. The number of aromatic amines is 1. The molecule has 20 heavy (non-hydrogen) atoms. The Labute approximate surface area is 121 Å². The van der Waals surface area contributed by atoms with Gasteiger partial charge in [-0.2, -0.15) is 5.10 Å². The number of hydrogen-bond donors (Lipinski definition) is 1. The average molecular weight is 283 g/mol. The van der Waals surface area contributed by atoms with Crippen molar-refractivity contribution >= 4 is 12.2 Å². The minimum atomic E-state index is 0.529. The van der Waals surface area contributed by atoms with Gasteiger partial charge < -0.3 is 4.98 Å². The first kappa shape index (κ1) is 12.7. The molecule has 0 saturated heterocycles. The van der Waals surface area contributed by atoms with E-state index in [1.165, 1.54) is 0 Å². The van der Waals surface area contributed by atoms with Crippen LogP contribution in [-0.2, 0) is 7.05 Å². The third kappa shape index (κ3) is 2.50. The number of pyridine rings is 1. The molecule has 3 aromatic rings. The zero-order valence-electron chi connectivity index (χ0n) is 11.2. The third-order valence-corrected chi connectivity index (χ3v) is 3.13. The molecule has 0 unspecified atom stereocenters. The summed E-state index contributed by atoms with van der Waals surface area (Å²) in [7, 11) is 1.88. The predicted octanol–water partition coefficient (Wildman–Crippen LogP) is 2.91. The molecule has 1 N–H and O–H groups in total. The maximum atomic E-state index is 5.24. The van der Waals surface area contributed by atoms with E-state index in [2.05, 4.69) is 20.1 Å². The Balaban J connectivity index is 2.14. The summed E-state index contributed by atoms with van der Waals surface area (Å²) in [4.78, 5) is 11.9. The van der Waals surface area contributed by atoms with Crippen molar-refractivity contribution in [3.8, 4) is 22.8 Å². The van der Waals surface area contributed by atoms with Gasteiger partial charge >= 0.3 is 0 Å². The third-order valence-electron chi connectivity index (χ3n) is 2.92. The van der Waals surface area contributed by atoms with Crippen LogP contribution in [0.2, 0.25) is 0 Å². The monoisotopic (exact) mass is 283 g/mol. The first-order chi connectivity index (χ1) is 9.61. The number of hydrogen-bond acceptors (Lipinski definition) is 4. The molecular weight excluding hydrogens is 270 g/mol. The minimum Gasteiger partial charge on any atom is -0.338 e. The highest BCUT2D eigenvalue weighted by molar-refractivity contribution is 7.71. The van der Waals surface area contributed by atoms with E-state index in [1.54, 1.807) is 17.1 Å². The molecule has 0 spiro atoms. The molecule has 0 aliphatic carbocycles. The summed E-state index contributed by atoms with van der Waals surface area (Å²) >= 11 is 5.24. The highest BCUT2D eigenvalue weighted by Crippen LogP contribution is 2.20. The van der Waals surface area contributed by atoms with Gasteiger partial charge in [0.1, 0.15) is 10.3 Å². The van der Waals surface area contributed by atoms with E-state index >= 15 is 0 Å². The lowest BCUT2D eigenvalue weighted by Crippen LogP contribution is -1.95. The van der Waals surface area contributed by atoms with Crippen LogP contribution in [0, 0.1) is 11.6 Å². The first-order valence-electron chi connectivity index (χ1n) is 6.15. The molecule has 0 amide bonds. The molecule has 3 heterocycles. The maximum Gasteiger partial charge on any atom is 0.158 e. The van der Waals surface area contributed by atoms with Gasteiger partial charge in [-0.05, 0) is 30.7 Å². The summed E-state index contributed by atoms with van der Waals surface area (Å²) in [6, 6.07) is 5.75. The Morgan fingerprint density at radius 1 is 1.30 bits per heavy atom. The topological polar surface area (TPSA) is 59.4 Å². The first-order valence-corrected chi connectivity index (χ1v) is 6.56. The van der Waals surface area contributed by atoms with Gasteiger partial charge in [-0.15, -0.1) is 0 Å². The van der Waals surface area contributed by atoms with Gasteiger partial charge in [-0.3, -0.25) is 9.67 Å². The van der Waals surface area contributed by atoms with Crippen molar-refractivity contribution in [2.75, 3.05) is 0 Å². The molecule has 3 rings (SSSR count). The molecule has 6 heteroatoms.